The molecule has 0 saturated heterocycles. The lowest BCUT2D eigenvalue weighted by Crippen LogP contribution is -2.45. The number of nitrogens with one attached hydrogen (secondary N) is 3. The van der Waals surface area contributed by atoms with E-state index in [0.717, 1.165) is 19.4 Å². The number of rotatable bonds is 9. The molecule has 0 fully saturated rings. The van der Waals surface area contributed by atoms with Gasteiger partial charge in [0.2, 0.25) is 10.0 Å². The van der Waals surface area contributed by atoms with Crippen LogP contribution in [0.3, 0.4) is 0 Å². The van der Waals surface area contributed by atoms with Crippen LogP contribution in [0.1, 0.15) is 39.2 Å². The van der Waals surface area contributed by atoms with Gasteiger partial charge in [0, 0.05) is 6.54 Å². The third-order valence-corrected chi connectivity index (χ3v) is 5.20. The van der Waals surface area contributed by atoms with Crippen LogP contribution in [-0.2, 0) is 14.8 Å². The number of benzene rings is 1. The molecule has 1 aromatic rings. The largest absolute Gasteiger partial charge is 0.548 e. The lowest BCUT2D eigenvalue weighted by atomic mass is 10.1. The fraction of sp³-hybridized carbons (Fsp3) is 0.438. The van der Waals surface area contributed by atoms with Gasteiger partial charge < -0.3 is 15.2 Å². The van der Waals surface area contributed by atoms with Gasteiger partial charge in [-0.3, -0.25) is 5.43 Å². The van der Waals surface area contributed by atoms with E-state index in [9.17, 15) is 18.3 Å². The summed E-state index contributed by atoms with van der Waals surface area (Å²) in [5.74, 6) is -1.50. The molecule has 0 bridgehead atoms. The summed E-state index contributed by atoms with van der Waals surface area (Å²) in [6, 6.07) is 4.57. The first-order valence-corrected chi connectivity index (χ1v) is 9.98. The number of carboxylic acid groups (broad SMARTS) is 1. The number of carbonyl (C=O) groups is 1. The minimum absolute atomic E-state index is 0.0492. The van der Waals surface area contributed by atoms with Gasteiger partial charge in [-0.25, -0.2) is 13.1 Å². The number of carbonyl (C=O) groups excluding carboxylic acids is 1. The van der Waals surface area contributed by atoms with Gasteiger partial charge in [-0.05, 0) is 50.2 Å². The lowest BCUT2D eigenvalue weighted by molar-refractivity contribution is -0.307. The van der Waals surface area contributed by atoms with E-state index in [0.29, 0.717) is 16.4 Å². The number of hydrazone groups is 1. The molecule has 0 radical (unpaired) electrons. The molecule has 0 aliphatic rings. The van der Waals surface area contributed by atoms with Crippen molar-refractivity contribution < 1.29 is 18.3 Å². The molecule has 1 rings (SSSR count). The number of hydrogen-bond donors (Lipinski definition) is 3. The Morgan fingerprint density at radius 3 is 2.46 bits per heavy atom. The third kappa shape index (κ3) is 7.06. The van der Waals surface area contributed by atoms with Crippen LogP contribution in [0.4, 0.5) is 0 Å². The number of thiocarbonyl (C=S) groups is 1. The van der Waals surface area contributed by atoms with Gasteiger partial charge in [0.05, 0.1) is 22.6 Å². The highest BCUT2D eigenvalue weighted by Gasteiger charge is 2.17. The van der Waals surface area contributed by atoms with Gasteiger partial charge in [-0.2, -0.15) is 5.10 Å². The van der Waals surface area contributed by atoms with Crippen molar-refractivity contribution in [2.45, 2.75) is 44.6 Å². The highest BCUT2D eigenvalue weighted by atomic mass is 32.2. The first-order valence-electron chi connectivity index (χ1n) is 8.09. The van der Waals surface area contributed by atoms with E-state index >= 15 is 0 Å². The predicted molar refractivity (Wildman–Crippen MR) is 102 cm³/mol. The van der Waals surface area contributed by atoms with Crippen molar-refractivity contribution in [3.05, 3.63) is 29.8 Å². The van der Waals surface area contributed by atoms with Crippen molar-refractivity contribution in [1.82, 2.24) is 15.5 Å². The zero-order chi connectivity index (χ0) is 19.7. The van der Waals surface area contributed by atoms with Gasteiger partial charge in [-0.15, -0.1) is 0 Å². The number of nitrogens with zero attached hydrogens (tertiary/aromatic N) is 1. The van der Waals surface area contributed by atoms with E-state index in [1.807, 2.05) is 4.72 Å². The maximum Gasteiger partial charge on any atom is 0.241 e. The fourth-order valence-corrected chi connectivity index (χ4v) is 3.18. The molecule has 144 valence electrons. The van der Waals surface area contributed by atoms with Crippen molar-refractivity contribution >= 4 is 39.0 Å². The van der Waals surface area contributed by atoms with Crippen LogP contribution >= 0.6 is 12.2 Å². The topological polar surface area (TPSA) is 123 Å². The van der Waals surface area contributed by atoms with E-state index in [1.54, 1.807) is 19.1 Å². The van der Waals surface area contributed by atoms with Crippen molar-refractivity contribution in [2.75, 3.05) is 6.54 Å². The molecule has 0 unspecified atom stereocenters. The zero-order valence-electron chi connectivity index (χ0n) is 14.9. The first-order chi connectivity index (χ1) is 12.2. The molecule has 0 spiro atoms. The average molecular weight is 400 g/mol. The molecule has 0 aliphatic carbocycles. The van der Waals surface area contributed by atoms with Crippen LogP contribution in [0.5, 0.6) is 0 Å². The standard InChI is InChI=1S/C16H24N4O4S2/c1-4-5-10-17-16(25)19-18-11(2)13-6-8-14(9-7-13)26(23,24)20-12(3)15(21)22/h6-9,12,20H,4-5,10H2,1-3H3,(H,21,22)(H2,17,19,25)/p-1/b18-11-/t12-/m0/s1. The summed E-state index contributed by atoms with van der Waals surface area (Å²) in [7, 11) is -3.94. The highest BCUT2D eigenvalue weighted by molar-refractivity contribution is 7.89. The Kier molecular flexibility index (Phi) is 8.62. The quantitative estimate of drug-likeness (QED) is 0.233. The Morgan fingerprint density at radius 1 is 1.31 bits per heavy atom. The molecule has 1 atom stereocenters. The summed E-state index contributed by atoms with van der Waals surface area (Å²) in [4.78, 5) is 10.6. The van der Waals surface area contributed by atoms with E-state index in [4.69, 9.17) is 12.2 Å². The summed E-state index contributed by atoms with van der Waals surface area (Å²) in [5, 5.41) is 18.3. The average Bonchev–Trinajstić information content (AvgIpc) is 2.59. The number of sulfonamides is 1. The van der Waals surface area contributed by atoms with Crippen LogP contribution in [-0.4, -0.2) is 37.8 Å². The molecule has 0 aromatic heterocycles. The van der Waals surface area contributed by atoms with Gasteiger partial charge in [0.1, 0.15) is 0 Å². The zero-order valence-corrected chi connectivity index (χ0v) is 16.5. The molecule has 8 nitrogen and oxygen atoms in total. The number of aliphatic carboxylic acids is 1. The molecule has 0 saturated carbocycles. The smallest absolute Gasteiger partial charge is 0.241 e. The van der Waals surface area contributed by atoms with Crippen LogP contribution in [0.15, 0.2) is 34.3 Å². The van der Waals surface area contributed by atoms with Gasteiger partial charge in [0.25, 0.3) is 0 Å². The molecule has 0 amide bonds. The Bertz CT molecular complexity index is 761. The molecule has 0 aliphatic heterocycles. The molecule has 1 aromatic carbocycles. The summed E-state index contributed by atoms with van der Waals surface area (Å²) in [6.45, 7) is 5.79. The molecular weight excluding hydrogens is 376 g/mol. The Labute approximate surface area is 159 Å². The predicted octanol–water partition coefficient (Wildman–Crippen LogP) is 0.0915. The molecule has 26 heavy (non-hydrogen) atoms. The minimum Gasteiger partial charge on any atom is -0.548 e. The summed E-state index contributed by atoms with van der Waals surface area (Å²) >= 11 is 5.10. The fourth-order valence-electron chi connectivity index (χ4n) is 1.84. The second-order valence-corrected chi connectivity index (χ2v) is 7.73. The Morgan fingerprint density at radius 2 is 1.92 bits per heavy atom. The molecule has 3 N–H and O–H groups in total. The van der Waals surface area contributed by atoms with Crippen LogP contribution in [0.2, 0.25) is 0 Å². The SMILES string of the molecule is CCCCNC(=S)N/N=C(/C)c1ccc(S(=O)(=O)N[C@@H](C)C(=O)[O-])cc1. The maximum atomic E-state index is 12.1. The molecule has 0 heterocycles. The van der Waals surface area contributed by atoms with E-state index < -0.39 is 22.0 Å². The number of unbranched alkanes of at least 4 members (excludes halogenated alkanes) is 1. The molecular formula is C16H23N4O4S2-. The summed E-state index contributed by atoms with van der Waals surface area (Å²) < 4.78 is 26.2. The lowest BCUT2D eigenvalue weighted by Gasteiger charge is -2.15. The van der Waals surface area contributed by atoms with Crippen LogP contribution < -0.4 is 20.6 Å². The highest BCUT2D eigenvalue weighted by Crippen LogP contribution is 2.12. The Balaban J connectivity index is 2.75. The second-order valence-electron chi connectivity index (χ2n) is 5.60. The van der Waals surface area contributed by atoms with E-state index in [2.05, 4.69) is 22.8 Å². The monoisotopic (exact) mass is 399 g/mol. The molecule has 10 heteroatoms. The first kappa shape index (κ1) is 22.0. The minimum atomic E-state index is -3.94. The van der Waals surface area contributed by atoms with E-state index in [-0.39, 0.29) is 4.90 Å². The van der Waals surface area contributed by atoms with E-state index in [1.165, 1.54) is 19.1 Å². The number of hydrogen-bond acceptors (Lipinski definition) is 6. The Hall–Kier alpha value is -2.04. The van der Waals surface area contributed by atoms with Gasteiger partial charge in [0.15, 0.2) is 5.11 Å². The summed E-state index contributed by atoms with van der Waals surface area (Å²) in [6.07, 6.45) is 2.06. The maximum absolute atomic E-state index is 12.1. The third-order valence-electron chi connectivity index (χ3n) is 3.41. The van der Waals surface area contributed by atoms with Crippen molar-refractivity contribution in [2.24, 2.45) is 5.10 Å². The van der Waals surface area contributed by atoms with Crippen molar-refractivity contribution in [1.29, 1.82) is 0 Å². The van der Waals surface area contributed by atoms with Crippen molar-refractivity contribution in [3.8, 4) is 0 Å². The summed E-state index contributed by atoms with van der Waals surface area (Å²) in [5.41, 5.74) is 4.04. The van der Waals surface area contributed by atoms with Crippen molar-refractivity contribution in [3.63, 3.8) is 0 Å². The second kappa shape index (κ2) is 10.2. The van der Waals surface area contributed by atoms with Gasteiger partial charge in [-0.1, -0.05) is 25.5 Å². The van der Waals surface area contributed by atoms with Crippen LogP contribution in [0.25, 0.3) is 0 Å². The van der Waals surface area contributed by atoms with Crippen LogP contribution in [0, 0.1) is 0 Å². The normalized spacial score (nSPS) is 13.1. The van der Waals surface area contributed by atoms with Gasteiger partial charge >= 0.3 is 0 Å². The number of carboxylic acids is 1.